The summed E-state index contributed by atoms with van der Waals surface area (Å²) < 4.78 is 16.6. The number of rotatable bonds is 4. The number of nitrogens with zero attached hydrogens (tertiary/aromatic N) is 4. The highest BCUT2D eigenvalue weighted by molar-refractivity contribution is 7.99. The van der Waals surface area contributed by atoms with Crippen molar-refractivity contribution in [3.63, 3.8) is 0 Å². The van der Waals surface area contributed by atoms with E-state index in [1.807, 2.05) is 22.9 Å². The molecule has 150 valence electrons. The van der Waals surface area contributed by atoms with Crippen LogP contribution in [-0.2, 0) is 0 Å². The van der Waals surface area contributed by atoms with E-state index in [0.717, 1.165) is 24.9 Å². The highest BCUT2D eigenvalue weighted by Gasteiger charge is 2.48. The van der Waals surface area contributed by atoms with Crippen molar-refractivity contribution in [2.45, 2.75) is 54.2 Å². The summed E-state index contributed by atoms with van der Waals surface area (Å²) in [5, 5.41) is 14.5. The molecule has 2 aliphatic heterocycles. The monoisotopic (exact) mass is 411 g/mol. The van der Waals surface area contributed by atoms with Gasteiger partial charge in [0.2, 0.25) is 0 Å². The molecule has 8 heteroatoms. The molecule has 2 aliphatic rings. The first kappa shape index (κ1) is 18.6. The number of aromatic hydroxyl groups is 1. The van der Waals surface area contributed by atoms with Gasteiger partial charge in [0.25, 0.3) is 0 Å². The van der Waals surface area contributed by atoms with E-state index in [2.05, 4.69) is 27.2 Å². The first-order chi connectivity index (χ1) is 14.0. The van der Waals surface area contributed by atoms with Gasteiger partial charge in [0.15, 0.2) is 0 Å². The molecule has 29 heavy (non-hydrogen) atoms. The molecule has 6 nitrogen and oxygen atoms in total. The fourth-order valence-electron chi connectivity index (χ4n) is 4.37. The van der Waals surface area contributed by atoms with Crippen molar-refractivity contribution >= 4 is 11.8 Å². The number of alkyl halides is 1. The minimum absolute atomic E-state index is 0.0288. The first-order valence-corrected chi connectivity index (χ1v) is 10.6. The predicted molar refractivity (Wildman–Crippen MR) is 110 cm³/mol. The Morgan fingerprint density at radius 3 is 2.93 bits per heavy atom. The molecule has 2 fully saturated rings. The van der Waals surface area contributed by atoms with Crippen molar-refractivity contribution in [1.29, 1.82) is 0 Å². The molecule has 2 N–H and O–H groups in total. The van der Waals surface area contributed by atoms with Gasteiger partial charge >= 0.3 is 0 Å². The molecule has 4 heterocycles. The smallest absolute Gasteiger partial charge is 0.128 e. The predicted octanol–water partition coefficient (Wildman–Crippen LogP) is 3.75. The number of imidazole rings is 1. The maximum atomic E-state index is 14.8. The van der Waals surface area contributed by atoms with Crippen LogP contribution in [0.3, 0.4) is 0 Å². The van der Waals surface area contributed by atoms with Crippen LogP contribution in [0.2, 0.25) is 0 Å². The van der Waals surface area contributed by atoms with Gasteiger partial charge in [-0.05, 0) is 38.3 Å². The minimum Gasteiger partial charge on any atom is -0.507 e. The Hall–Kier alpha value is -2.45. The molecule has 3 aromatic rings. The Kier molecular flexibility index (Phi) is 4.55. The van der Waals surface area contributed by atoms with Crippen LogP contribution in [0, 0.1) is 0 Å². The van der Waals surface area contributed by atoms with Crippen molar-refractivity contribution in [2.24, 2.45) is 0 Å². The van der Waals surface area contributed by atoms with Gasteiger partial charge in [-0.3, -0.25) is 4.98 Å². The van der Waals surface area contributed by atoms with Crippen molar-refractivity contribution in [2.75, 3.05) is 0 Å². The molecule has 0 spiro atoms. The van der Waals surface area contributed by atoms with Crippen LogP contribution in [0.1, 0.15) is 26.2 Å². The lowest BCUT2D eigenvalue weighted by molar-refractivity contribution is 0.182. The number of thioether (sulfide) groups is 1. The SMILES string of the molecule is C[C@@]12CCC(N1)[C@H](F)[C@@H](Sc1cnc(-c3ccc(-n4ccnc4)cc3O)cn1)C2. The fraction of sp³-hybridized carbons (Fsp3) is 0.381. The molecule has 2 bridgehead atoms. The zero-order valence-electron chi connectivity index (χ0n) is 16.0. The number of nitrogens with one attached hydrogen (secondary N) is 1. The van der Waals surface area contributed by atoms with Crippen LogP contribution >= 0.6 is 11.8 Å². The molecule has 2 aromatic heterocycles. The number of halogens is 1. The lowest BCUT2D eigenvalue weighted by atomic mass is 9.92. The Morgan fingerprint density at radius 2 is 2.21 bits per heavy atom. The minimum atomic E-state index is -0.878. The molecule has 0 radical (unpaired) electrons. The normalized spacial score (nSPS) is 28.6. The van der Waals surface area contributed by atoms with Crippen LogP contribution in [0.15, 0.2) is 54.3 Å². The summed E-state index contributed by atoms with van der Waals surface area (Å²) in [6.45, 7) is 2.18. The van der Waals surface area contributed by atoms with Gasteiger partial charge in [0.1, 0.15) is 16.9 Å². The summed E-state index contributed by atoms with van der Waals surface area (Å²) in [6.07, 6.45) is 10.3. The van der Waals surface area contributed by atoms with E-state index in [4.69, 9.17) is 0 Å². The van der Waals surface area contributed by atoms with Crippen molar-refractivity contribution < 1.29 is 9.50 Å². The highest BCUT2D eigenvalue weighted by atomic mass is 32.2. The largest absolute Gasteiger partial charge is 0.507 e. The summed E-state index contributed by atoms with van der Waals surface area (Å²) in [7, 11) is 0. The third-order valence-electron chi connectivity index (χ3n) is 5.89. The molecule has 0 aliphatic carbocycles. The Morgan fingerprint density at radius 1 is 1.31 bits per heavy atom. The Labute approximate surface area is 172 Å². The van der Waals surface area contributed by atoms with Crippen LogP contribution in [0.25, 0.3) is 16.9 Å². The third-order valence-corrected chi connectivity index (χ3v) is 7.07. The van der Waals surface area contributed by atoms with Crippen LogP contribution in [0.4, 0.5) is 4.39 Å². The lowest BCUT2D eigenvalue weighted by Crippen LogP contribution is -2.54. The molecular formula is C21H22FN5OS. The van der Waals surface area contributed by atoms with Crippen LogP contribution in [-0.4, -0.2) is 47.6 Å². The van der Waals surface area contributed by atoms with E-state index >= 15 is 0 Å². The molecule has 0 amide bonds. The Bertz CT molecular complexity index is 1010. The van der Waals surface area contributed by atoms with Crippen molar-refractivity contribution in [3.8, 4) is 22.7 Å². The summed E-state index contributed by atoms with van der Waals surface area (Å²) in [5.41, 5.74) is 2.03. The number of phenols is 1. The molecule has 4 atom stereocenters. The summed E-state index contributed by atoms with van der Waals surface area (Å²) >= 11 is 1.47. The number of phenolic OH excluding ortho intramolecular Hbond substituents is 1. The number of benzene rings is 1. The highest BCUT2D eigenvalue weighted by Crippen LogP contribution is 2.43. The summed E-state index contributed by atoms with van der Waals surface area (Å²) in [4.78, 5) is 13.0. The van der Waals surface area contributed by atoms with E-state index in [-0.39, 0.29) is 22.6 Å². The average Bonchev–Trinajstić information content (AvgIpc) is 3.36. The van der Waals surface area contributed by atoms with Gasteiger partial charge in [-0.15, -0.1) is 0 Å². The summed E-state index contributed by atoms with van der Waals surface area (Å²) in [6, 6.07) is 5.31. The second kappa shape index (κ2) is 7.11. The second-order valence-electron chi connectivity index (χ2n) is 8.07. The van der Waals surface area contributed by atoms with E-state index < -0.39 is 6.17 Å². The number of piperidine rings is 1. The topological polar surface area (TPSA) is 75.9 Å². The van der Waals surface area contributed by atoms with E-state index in [1.165, 1.54) is 11.8 Å². The van der Waals surface area contributed by atoms with Crippen LogP contribution < -0.4 is 5.32 Å². The molecule has 1 unspecified atom stereocenters. The lowest BCUT2D eigenvalue weighted by Gasteiger charge is -2.38. The average molecular weight is 412 g/mol. The molecule has 5 rings (SSSR count). The number of aromatic nitrogens is 4. The number of hydrogen-bond acceptors (Lipinski definition) is 6. The van der Waals surface area contributed by atoms with Gasteiger partial charge < -0.3 is 15.0 Å². The standard InChI is InChI=1S/C21H22FN5OS/c1-21-5-4-15(26-21)20(22)18(9-21)29-19-11-24-16(10-25-19)14-3-2-13(8-17(14)28)27-7-6-23-12-27/h2-3,6-8,10-12,15,18,20,26,28H,4-5,9H2,1H3/t15?,18-,20-,21-/m0/s1. The third kappa shape index (κ3) is 3.51. The van der Waals surface area contributed by atoms with E-state index in [0.29, 0.717) is 16.3 Å². The van der Waals surface area contributed by atoms with Crippen LogP contribution in [0.5, 0.6) is 5.75 Å². The first-order valence-electron chi connectivity index (χ1n) is 9.73. The van der Waals surface area contributed by atoms with Crippen molar-refractivity contribution in [1.82, 2.24) is 24.8 Å². The second-order valence-corrected chi connectivity index (χ2v) is 9.33. The number of fused-ring (bicyclic) bond motifs is 2. The molecule has 1 aromatic carbocycles. The van der Waals surface area contributed by atoms with Gasteiger partial charge in [0, 0.05) is 40.9 Å². The maximum Gasteiger partial charge on any atom is 0.128 e. The number of hydrogen-bond donors (Lipinski definition) is 2. The molecule has 0 saturated carbocycles. The van der Waals surface area contributed by atoms with Gasteiger partial charge in [-0.1, -0.05) is 11.8 Å². The summed E-state index contributed by atoms with van der Waals surface area (Å²) in [5.74, 6) is 0.123. The van der Waals surface area contributed by atoms with Gasteiger partial charge in [-0.2, -0.15) is 0 Å². The maximum absolute atomic E-state index is 14.8. The Balaban J connectivity index is 1.33. The molecule has 2 saturated heterocycles. The zero-order valence-corrected chi connectivity index (χ0v) is 16.8. The van der Waals surface area contributed by atoms with Gasteiger partial charge in [0.05, 0.1) is 30.1 Å². The zero-order chi connectivity index (χ0) is 20.0. The molecular weight excluding hydrogens is 389 g/mol. The van der Waals surface area contributed by atoms with Crippen molar-refractivity contribution in [3.05, 3.63) is 49.3 Å². The van der Waals surface area contributed by atoms with Gasteiger partial charge in [-0.25, -0.2) is 14.4 Å². The van der Waals surface area contributed by atoms with E-state index in [1.54, 1.807) is 31.0 Å². The quantitative estimate of drug-likeness (QED) is 0.681. The van der Waals surface area contributed by atoms with E-state index in [9.17, 15) is 9.50 Å². The fourth-order valence-corrected chi connectivity index (χ4v) is 5.68.